The van der Waals surface area contributed by atoms with Crippen molar-refractivity contribution in [3.63, 3.8) is 0 Å². The minimum absolute atomic E-state index is 0.229. The molecule has 4 heteroatoms. The predicted molar refractivity (Wildman–Crippen MR) is 64.8 cm³/mol. The van der Waals surface area contributed by atoms with E-state index in [1.165, 1.54) is 0 Å². The summed E-state index contributed by atoms with van der Waals surface area (Å²) in [5.41, 5.74) is 0. The Morgan fingerprint density at radius 2 is 2.38 bits per heavy atom. The summed E-state index contributed by atoms with van der Waals surface area (Å²) < 4.78 is 5.47. The molecule has 16 heavy (non-hydrogen) atoms. The van der Waals surface area contributed by atoms with Crippen LogP contribution in [0.1, 0.15) is 26.7 Å². The zero-order valence-corrected chi connectivity index (χ0v) is 9.94. The molecule has 0 aliphatic heterocycles. The quantitative estimate of drug-likeness (QED) is 0.744. The molecular weight excluding hydrogens is 204 g/mol. The van der Waals surface area contributed by atoms with Crippen LogP contribution in [0.5, 0.6) is 5.75 Å². The van der Waals surface area contributed by atoms with E-state index in [0.717, 1.165) is 24.4 Å². The zero-order valence-electron chi connectivity index (χ0n) is 9.94. The number of ether oxygens (including phenoxy) is 1. The molecular formula is C12H20N2O2. The predicted octanol–water partition coefficient (Wildman–Crippen LogP) is 2.05. The second-order valence-electron chi connectivity index (χ2n) is 3.69. The monoisotopic (exact) mass is 224 g/mol. The molecule has 4 nitrogen and oxygen atoms in total. The lowest BCUT2D eigenvalue weighted by Crippen LogP contribution is -2.17. The number of hydrogen-bond donors (Lipinski definition) is 2. The van der Waals surface area contributed by atoms with Gasteiger partial charge in [-0.2, -0.15) is 0 Å². The summed E-state index contributed by atoms with van der Waals surface area (Å²) in [7, 11) is 0. The number of aromatic nitrogens is 1. The van der Waals surface area contributed by atoms with E-state index in [-0.39, 0.29) is 12.6 Å². The molecule has 1 atom stereocenters. The van der Waals surface area contributed by atoms with Gasteiger partial charge in [0, 0.05) is 18.8 Å². The maximum absolute atomic E-state index is 8.75. The van der Waals surface area contributed by atoms with Crippen LogP contribution in [-0.4, -0.2) is 29.3 Å². The SMILES string of the molecule is CCOc1cccnc1NC(C)CCCO. The molecule has 1 heterocycles. The first-order valence-corrected chi connectivity index (χ1v) is 5.73. The van der Waals surface area contributed by atoms with Gasteiger partial charge in [-0.05, 0) is 38.8 Å². The minimum Gasteiger partial charge on any atom is -0.490 e. The second-order valence-corrected chi connectivity index (χ2v) is 3.69. The Bertz CT molecular complexity index is 305. The fourth-order valence-corrected chi connectivity index (χ4v) is 1.47. The normalized spacial score (nSPS) is 12.2. The summed E-state index contributed by atoms with van der Waals surface area (Å²) in [6, 6.07) is 4.04. The van der Waals surface area contributed by atoms with Crippen LogP contribution in [0.15, 0.2) is 18.3 Å². The minimum atomic E-state index is 0.229. The molecule has 0 radical (unpaired) electrons. The van der Waals surface area contributed by atoms with Gasteiger partial charge in [-0.15, -0.1) is 0 Å². The molecule has 0 saturated carbocycles. The summed E-state index contributed by atoms with van der Waals surface area (Å²) in [5.74, 6) is 1.55. The van der Waals surface area contributed by atoms with Gasteiger partial charge in [-0.25, -0.2) is 4.98 Å². The van der Waals surface area contributed by atoms with Crippen LogP contribution in [0.4, 0.5) is 5.82 Å². The van der Waals surface area contributed by atoms with Gasteiger partial charge in [-0.1, -0.05) is 0 Å². The first kappa shape index (κ1) is 12.8. The van der Waals surface area contributed by atoms with Crippen LogP contribution >= 0.6 is 0 Å². The maximum atomic E-state index is 8.75. The van der Waals surface area contributed by atoms with Gasteiger partial charge >= 0.3 is 0 Å². The van der Waals surface area contributed by atoms with Crippen molar-refractivity contribution in [2.75, 3.05) is 18.5 Å². The van der Waals surface area contributed by atoms with Crippen molar-refractivity contribution in [1.29, 1.82) is 0 Å². The van der Waals surface area contributed by atoms with E-state index in [1.54, 1.807) is 6.20 Å². The average Bonchev–Trinajstić information content (AvgIpc) is 2.29. The summed E-state index contributed by atoms with van der Waals surface area (Å²) in [6.45, 7) is 4.88. The third kappa shape index (κ3) is 4.06. The Hall–Kier alpha value is -1.29. The number of aliphatic hydroxyl groups excluding tert-OH is 1. The van der Waals surface area contributed by atoms with Gasteiger partial charge in [-0.3, -0.25) is 0 Å². The molecule has 1 aromatic heterocycles. The number of hydrogen-bond acceptors (Lipinski definition) is 4. The smallest absolute Gasteiger partial charge is 0.168 e. The van der Waals surface area contributed by atoms with Crippen molar-refractivity contribution in [2.24, 2.45) is 0 Å². The average molecular weight is 224 g/mol. The second kappa shape index (κ2) is 7.06. The van der Waals surface area contributed by atoms with E-state index in [0.29, 0.717) is 6.61 Å². The van der Waals surface area contributed by atoms with Gasteiger partial charge in [0.2, 0.25) is 0 Å². The fourth-order valence-electron chi connectivity index (χ4n) is 1.47. The van der Waals surface area contributed by atoms with Crippen LogP contribution < -0.4 is 10.1 Å². The lowest BCUT2D eigenvalue weighted by atomic mass is 10.2. The van der Waals surface area contributed by atoms with Gasteiger partial charge in [0.15, 0.2) is 11.6 Å². The van der Waals surface area contributed by atoms with Crippen LogP contribution in [0.3, 0.4) is 0 Å². The third-order valence-corrected chi connectivity index (χ3v) is 2.25. The van der Waals surface area contributed by atoms with Crippen LogP contribution in [-0.2, 0) is 0 Å². The topological polar surface area (TPSA) is 54.4 Å². The lowest BCUT2D eigenvalue weighted by molar-refractivity contribution is 0.282. The highest BCUT2D eigenvalue weighted by atomic mass is 16.5. The van der Waals surface area contributed by atoms with Crippen molar-refractivity contribution in [2.45, 2.75) is 32.7 Å². The lowest BCUT2D eigenvalue weighted by Gasteiger charge is -2.16. The van der Waals surface area contributed by atoms with Crippen LogP contribution in [0.25, 0.3) is 0 Å². The molecule has 0 amide bonds. The van der Waals surface area contributed by atoms with Crippen LogP contribution in [0, 0.1) is 0 Å². The Morgan fingerprint density at radius 1 is 1.56 bits per heavy atom. The van der Waals surface area contributed by atoms with Crippen molar-refractivity contribution in [1.82, 2.24) is 4.98 Å². The molecule has 1 rings (SSSR count). The summed E-state index contributed by atoms with van der Waals surface area (Å²) >= 11 is 0. The van der Waals surface area contributed by atoms with Crippen molar-refractivity contribution < 1.29 is 9.84 Å². The standard InChI is InChI=1S/C12H20N2O2/c1-3-16-11-7-4-8-13-12(11)14-10(2)6-5-9-15/h4,7-8,10,15H,3,5-6,9H2,1-2H3,(H,13,14). The van der Waals surface area contributed by atoms with Crippen molar-refractivity contribution in [3.8, 4) is 5.75 Å². The number of aliphatic hydroxyl groups is 1. The fraction of sp³-hybridized carbons (Fsp3) is 0.583. The number of anilines is 1. The van der Waals surface area contributed by atoms with E-state index >= 15 is 0 Å². The third-order valence-electron chi connectivity index (χ3n) is 2.25. The highest BCUT2D eigenvalue weighted by Gasteiger charge is 2.07. The Balaban J connectivity index is 2.57. The van der Waals surface area contributed by atoms with E-state index in [9.17, 15) is 0 Å². The highest BCUT2D eigenvalue weighted by Crippen LogP contribution is 2.22. The Morgan fingerprint density at radius 3 is 3.06 bits per heavy atom. The summed E-state index contributed by atoms with van der Waals surface area (Å²) in [5, 5.41) is 12.0. The number of rotatable bonds is 7. The largest absolute Gasteiger partial charge is 0.490 e. The summed E-state index contributed by atoms with van der Waals surface area (Å²) in [6.07, 6.45) is 3.45. The van der Waals surface area contributed by atoms with Crippen molar-refractivity contribution in [3.05, 3.63) is 18.3 Å². The Labute approximate surface area is 96.7 Å². The molecule has 0 spiro atoms. The molecule has 90 valence electrons. The van der Waals surface area contributed by atoms with Gasteiger partial charge in [0.05, 0.1) is 6.61 Å². The molecule has 0 bridgehead atoms. The molecule has 1 unspecified atom stereocenters. The van der Waals surface area contributed by atoms with E-state index in [2.05, 4.69) is 17.2 Å². The molecule has 0 fully saturated rings. The molecule has 0 aliphatic rings. The van der Waals surface area contributed by atoms with E-state index in [4.69, 9.17) is 9.84 Å². The molecule has 0 aliphatic carbocycles. The molecule has 0 aromatic carbocycles. The number of nitrogens with one attached hydrogen (secondary N) is 1. The Kier molecular flexibility index (Phi) is 5.64. The molecule has 0 saturated heterocycles. The number of pyridine rings is 1. The maximum Gasteiger partial charge on any atom is 0.168 e. The number of nitrogens with zero attached hydrogens (tertiary/aromatic N) is 1. The van der Waals surface area contributed by atoms with E-state index < -0.39 is 0 Å². The molecule has 2 N–H and O–H groups in total. The first-order valence-electron chi connectivity index (χ1n) is 5.73. The first-order chi connectivity index (χ1) is 7.77. The summed E-state index contributed by atoms with van der Waals surface area (Å²) in [4.78, 5) is 4.25. The highest BCUT2D eigenvalue weighted by molar-refractivity contribution is 5.49. The van der Waals surface area contributed by atoms with Gasteiger partial charge in [0.1, 0.15) is 0 Å². The molecule has 1 aromatic rings. The van der Waals surface area contributed by atoms with Gasteiger partial charge < -0.3 is 15.2 Å². The van der Waals surface area contributed by atoms with Crippen molar-refractivity contribution >= 4 is 5.82 Å². The zero-order chi connectivity index (χ0) is 11.8. The van der Waals surface area contributed by atoms with E-state index in [1.807, 2.05) is 19.1 Å². The van der Waals surface area contributed by atoms with Gasteiger partial charge in [0.25, 0.3) is 0 Å². The van der Waals surface area contributed by atoms with Crippen LogP contribution in [0.2, 0.25) is 0 Å².